The number of pyridine rings is 1. The van der Waals surface area contributed by atoms with Crippen molar-refractivity contribution in [2.45, 2.75) is 45.2 Å². The molecule has 2 rings (SSSR count). The van der Waals surface area contributed by atoms with E-state index < -0.39 is 0 Å². The van der Waals surface area contributed by atoms with Gasteiger partial charge in [0.05, 0.1) is 17.6 Å². The van der Waals surface area contributed by atoms with Gasteiger partial charge in [-0.05, 0) is 31.4 Å². The van der Waals surface area contributed by atoms with Crippen molar-refractivity contribution in [3.63, 3.8) is 0 Å². The van der Waals surface area contributed by atoms with Crippen molar-refractivity contribution in [2.75, 3.05) is 18.0 Å². The molecule has 2 heterocycles. The second kappa shape index (κ2) is 6.70. The van der Waals surface area contributed by atoms with Crippen LogP contribution in [0.25, 0.3) is 0 Å². The molecule has 0 aromatic carbocycles. The Labute approximate surface area is 120 Å². The van der Waals surface area contributed by atoms with Crippen LogP contribution < -0.4 is 16.0 Å². The summed E-state index contributed by atoms with van der Waals surface area (Å²) in [6.07, 6.45) is 4.77. The molecule has 1 aromatic heterocycles. The zero-order valence-corrected chi connectivity index (χ0v) is 12.3. The monoisotopic (exact) mass is 276 g/mol. The topological polar surface area (TPSA) is 71.2 Å². The predicted octanol–water partition coefficient (Wildman–Crippen LogP) is 1.60. The fraction of sp³-hybridized carbons (Fsp3) is 0.600. The van der Waals surface area contributed by atoms with E-state index in [1.807, 2.05) is 12.3 Å². The molecule has 1 saturated heterocycles. The van der Waals surface area contributed by atoms with E-state index >= 15 is 0 Å². The summed E-state index contributed by atoms with van der Waals surface area (Å²) in [6, 6.07) is 4.44. The molecule has 110 valence electrons. The first-order chi connectivity index (χ1) is 9.60. The van der Waals surface area contributed by atoms with Gasteiger partial charge >= 0.3 is 0 Å². The second-order valence-corrected chi connectivity index (χ2v) is 5.42. The van der Waals surface area contributed by atoms with Crippen LogP contribution in [0.3, 0.4) is 0 Å². The van der Waals surface area contributed by atoms with E-state index in [4.69, 9.17) is 5.73 Å². The third-order valence-electron chi connectivity index (χ3n) is 3.86. The summed E-state index contributed by atoms with van der Waals surface area (Å²) in [5, 5.41) is 2.99. The summed E-state index contributed by atoms with van der Waals surface area (Å²) < 4.78 is 0. The number of anilines is 1. The fourth-order valence-electron chi connectivity index (χ4n) is 2.58. The lowest BCUT2D eigenvalue weighted by Gasteiger charge is -2.33. The van der Waals surface area contributed by atoms with Crippen molar-refractivity contribution in [3.05, 3.63) is 24.0 Å². The van der Waals surface area contributed by atoms with Gasteiger partial charge in [-0.15, -0.1) is 0 Å². The molecule has 0 unspecified atom stereocenters. The van der Waals surface area contributed by atoms with Crippen LogP contribution in [0, 0.1) is 0 Å². The SMILES string of the molecule is CC[C@@H](N)c1ccc(N2CCC(NC(C)=O)CC2)cn1. The maximum atomic E-state index is 11.0. The highest BCUT2D eigenvalue weighted by Crippen LogP contribution is 2.21. The molecule has 20 heavy (non-hydrogen) atoms. The first-order valence-corrected chi connectivity index (χ1v) is 7.33. The molecule has 0 aliphatic carbocycles. The van der Waals surface area contributed by atoms with E-state index in [9.17, 15) is 4.79 Å². The largest absolute Gasteiger partial charge is 0.370 e. The van der Waals surface area contributed by atoms with E-state index in [2.05, 4.69) is 28.2 Å². The van der Waals surface area contributed by atoms with Gasteiger partial charge in [0.25, 0.3) is 0 Å². The molecule has 1 amide bonds. The fourth-order valence-corrected chi connectivity index (χ4v) is 2.58. The summed E-state index contributed by atoms with van der Waals surface area (Å²) in [5.74, 6) is 0.0584. The lowest BCUT2D eigenvalue weighted by Crippen LogP contribution is -2.44. The minimum absolute atomic E-state index is 0.0227. The first-order valence-electron chi connectivity index (χ1n) is 7.33. The normalized spacial score (nSPS) is 17.9. The van der Waals surface area contributed by atoms with Gasteiger partial charge in [0.2, 0.25) is 5.91 Å². The number of hydrogen-bond donors (Lipinski definition) is 2. The number of aromatic nitrogens is 1. The van der Waals surface area contributed by atoms with E-state index in [1.54, 1.807) is 6.92 Å². The number of nitrogens with two attached hydrogens (primary N) is 1. The van der Waals surface area contributed by atoms with Crippen molar-refractivity contribution in [1.29, 1.82) is 0 Å². The average molecular weight is 276 g/mol. The Morgan fingerprint density at radius 1 is 1.50 bits per heavy atom. The van der Waals surface area contributed by atoms with Crippen molar-refractivity contribution < 1.29 is 4.79 Å². The van der Waals surface area contributed by atoms with Gasteiger partial charge in [-0.1, -0.05) is 6.92 Å². The van der Waals surface area contributed by atoms with Gasteiger partial charge in [-0.3, -0.25) is 9.78 Å². The summed E-state index contributed by atoms with van der Waals surface area (Å²) in [4.78, 5) is 17.8. The molecular weight excluding hydrogens is 252 g/mol. The molecule has 0 spiro atoms. The van der Waals surface area contributed by atoms with Crippen LogP contribution in [0.2, 0.25) is 0 Å². The highest BCUT2D eigenvalue weighted by atomic mass is 16.1. The van der Waals surface area contributed by atoms with Crippen LogP contribution in [0.15, 0.2) is 18.3 Å². The minimum atomic E-state index is 0.0227. The Kier molecular flexibility index (Phi) is 4.95. The Hall–Kier alpha value is -1.62. The second-order valence-electron chi connectivity index (χ2n) is 5.42. The summed E-state index contributed by atoms with van der Waals surface area (Å²) in [6.45, 7) is 5.54. The van der Waals surface area contributed by atoms with Crippen molar-refractivity contribution in [3.8, 4) is 0 Å². The summed E-state index contributed by atoms with van der Waals surface area (Å²) in [7, 11) is 0. The Bertz CT molecular complexity index is 438. The first kappa shape index (κ1) is 14.8. The Balaban J connectivity index is 1.92. The lowest BCUT2D eigenvalue weighted by molar-refractivity contribution is -0.119. The number of carbonyl (C=O) groups excluding carboxylic acids is 1. The molecule has 1 fully saturated rings. The van der Waals surface area contributed by atoms with E-state index in [0.717, 1.165) is 43.7 Å². The van der Waals surface area contributed by atoms with Gasteiger partial charge in [0.1, 0.15) is 0 Å². The Morgan fingerprint density at radius 3 is 2.70 bits per heavy atom. The molecule has 1 aromatic rings. The van der Waals surface area contributed by atoms with E-state index in [-0.39, 0.29) is 11.9 Å². The molecule has 0 radical (unpaired) electrons. The van der Waals surface area contributed by atoms with Crippen LogP contribution in [-0.2, 0) is 4.79 Å². The van der Waals surface area contributed by atoms with E-state index in [0.29, 0.717) is 6.04 Å². The molecule has 5 nitrogen and oxygen atoms in total. The van der Waals surface area contributed by atoms with Crippen LogP contribution in [0.1, 0.15) is 44.8 Å². The van der Waals surface area contributed by atoms with Crippen LogP contribution in [0.4, 0.5) is 5.69 Å². The zero-order valence-electron chi connectivity index (χ0n) is 12.3. The van der Waals surface area contributed by atoms with E-state index in [1.165, 1.54) is 0 Å². The molecule has 1 atom stereocenters. The third kappa shape index (κ3) is 3.70. The third-order valence-corrected chi connectivity index (χ3v) is 3.86. The van der Waals surface area contributed by atoms with Crippen molar-refractivity contribution in [2.24, 2.45) is 5.73 Å². The minimum Gasteiger partial charge on any atom is -0.370 e. The van der Waals surface area contributed by atoms with Crippen molar-refractivity contribution in [1.82, 2.24) is 10.3 Å². The number of nitrogens with zero attached hydrogens (tertiary/aromatic N) is 2. The van der Waals surface area contributed by atoms with Crippen LogP contribution in [0.5, 0.6) is 0 Å². The summed E-state index contributed by atoms with van der Waals surface area (Å²) >= 11 is 0. The van der Waals surface area contributed by atoms with Gasteiger partial charge in [-0.2, -0.15) is 0 Å². The highest BCUT2D eigenvalue weighted by molar-refractivity contribution is 5.73. The standard InChI is InChI=1S/C15H24N4O/c1-3-14(16)15-5-4-13(10-17-15)19-8-6-12(7-9-19)18-11(2)20/h4-5,10,12,14H,3,6-9,16H2,1-2H3,(H,18,20)/t14-/m1/s1. The molecule has 3 N–H and O–H groups in total. The summed E-state index contributed by atoms with van der Waals surface area (Å²) in [5.41, 5.74) is 8.06. The van der Waals surface area contributed by atoms with Gasteiger partial charge in [0.15, 0.2) is 0 Å². The maximum absolute atomic E-state index is 11.0. The molecular formula is C15H24N4O. The number of amides is 1. The quantitative estimate of drug-likeness (QED) is 0.876. The van der Waals surface area contributed by atoms with Crippen LogP contribution >= 0.6 is 0 Å². The number of nitrogens with one attached hydrogen (secondary N) is 1. The number of carbonyl (C=O) groups is 1. The smallest absolute Gasteiger partial charge is 0.217 e. The number of rotatable bonds is 4. The lowest BCUT2D eigenvalue weighted by atomic mass is 10.0. The van der Waals surface area contributed by atoms with Gasteiger partial charge < -0.3 is 16.0 Å². The molecule has 1 aliphatic heterocycles. The Morgan fingerprint density at radius 2 is 2.20 bits per heavy atom. The van der Waals surface area contributed by atoms with Gasteiger partial charge in [0, 0.05) is 32.1 Å². The molecule has 0 bridgehead atoms. The number of piperidine rings is 1. The maximum Gasteiger partial charge on any atom is 0.217 e. The predicted molar refractivity (Wildman–Crippen MR) is 80.5 cm³/mol. The molecule has 0 saturated carbocycles. The average Bonchev–Trinajstić information content (AvgIpc) is 2.47. The van der Waals surface area contributed by atoms with Crippen LogP contribution in [-0.4, -0.2) is 30.0 Å². The zero-order chi connectivity index (χ0) is 14.5. The molecule has 1 aliphatic rings. The molecule has 5 heteroatoms. The van der Waals surface area contributed by atoms with Crippen molar-refractivity contribution >= 4 is 11.6 Å². The number of hydrogen-bond acceptors (Lipinski definition) is 4. The highest BCUT2D eigenvalue weighted by Gasteiger charge is 2.20. The van der Waals surface area contributed by atoms with Gasteiger partial charge in [-0.25, -0.2) is 0 Å².